The highest BCUT2D eigenvalue weighted by Gasteiger charge is 2.45. The number of phenolic OH excluding ortho intramolecular Hbond substituents is 3. The molecule has 2 heterocycles. The zero-order chi connectivity index (χ0) is 19.8. The summed E-state index contributed by atoms with van der Waals surface area (Å²) in [5.41, 5.74) is -0.118. The van der Waals surface area contributed by atoms with E-state index in [9.17, 15) is 24.9 Å². The molecule has 0 unspecified atom stereocenters. The molecule has 0 radical (unpaired) electrons. The van der Waals surface area contributed by atoms with Gasteiger partial charge in [0.05, 0.1) is 33.6 Å². The van der Waals surface area contributed by atoms with E-state index < -0.39 is 23.0 Å². The van der Waals surface area contributed by atoms with Gasteiger partial charge in [-0.2, -0.15) is 0 Å². The van der Waals surface area contributed by atoms with Crippen molar-refractivity contribution >= 4 is 22.9 Å². The van der Waals surface area contributed by atoms with Crippen LogP contribution < -0.4 is 10.6 Å². The molecule has 0 amide bonds. The summed E-state index contributed by atoms with van der Waals surface area (Å²) in [4.78, 5) is 28.5. The van der Waals surface area contributed by atoms with Crippen LogP contribution in [0, 0.1) is 0 Å². The normalized spacial score (nSPS) is 19.6. The topological polar surface area (TPSA) is 122 Å². The van der Waals surface area contributed by atoms with Gasteiger partial charge in [0.15, 0.2) is 0 Å². The number of carbonyl (C=O) groups excluding carboxylic acids is 2. The number of nitrogens with zero attached hydrogens (tertiary/aromatic N) is 1. The third kappa shape index (κ3) is 2.09. The van der Waals surface area contributed by atoms with Crippen molar-refractivity contribution < 1.29 is 24.9 Å². The number of ketones is 2. The molecular weight excluding hydrogens is 362 g/mol. The van der Waals surface area contributed by atoms with E-state index in [1.165, 1.54) is 12.1 Å². The van der Waals surface area contributed by atoms with Crippen LogP contribution in [0.1, 0.15) is 44.7 Å². The summed E-state index contributed by atoms with van der Waals surface area (Å²) in [5.74, 6) is -2.42. The summed E-state index contributed by atoms with van der Waals surface area (Å²) >= 11 is 0. The van der Waals surface area contributed by atoms with Crippen LogP contribution in [-0.4, -0.2) is 57.6 Å². The first-order valence-electron chi connectivity index (χ1n) is 9.10. The van der Waals surface area contributed by atoms with Gasteiger partial charge in [-0.05, 0) is 19.2 Å². The number of rotatable bonds is 0. The lowest BCUT2D eigenvalue weighted by Gasteiger charge is -2.38. The first-order valence-corrected chi connectivity index (χ1v) is 9.10. The molecule has 8 heteroatoms. The number of likely N-dealkylation sites (tertiary alicyclic amines) is 1. The zero-order valence-electron chi connectivity index (χ0n) is 15.2. The van der Waals surface area contributed by atoms with E-state index in [0.717, 1.165) is 32.0 Å². The van der Waals surface area contributed by atoms with Crippen molar-refractivity contribution in [3.05, 3.63) is 40.5 Å². The lowest BCUT2D eigenvalue weighted by Crippen LogP contribution is -2.50. The van der Waals surface area contributed by atoms with Crippen LogP contribution in [0.2, 0.25) is 0 Å². The lowest BCUT2D eigenvalue weighted by molar-refractivity contribution is 0.0972. The zero-order valence-corrected chi connectivity index (χ0v) is 15.2. The number of aromatic hydroxyl groups is 3. The first-order chi connectivity index (χ1) is 13.3. The highest BCUT2D eigenvalue weighted by Crippen LogP contribution is 2.49. The molecule has 0 aromatic heterocycles. The molecule has 2 aromatic rings. The SMILES string of the molecule is CN1CCC2(CC1)Nc1cc(O)c3c(c1N2)C(=O)c1c(O)ccc(O)c1C3=O. The van der Waals surface area contributed by atoms with Gasteiger partial charge in [-0.3, -0.25) is 9.59 Å². The van der Waals surface area contributed by atoms with Gasteiger partial charge in [-0.25, -0.2) is 0 Å². The molecule has 1 fully saturated rings. The molecule has 0 saturated carbocycles. The molecule has 5 N–H and O–H groups in total. The maximum atomic E-state index is 13.3. The van der Waals surface area contributed by atoms with Gasteiger partial charge < -0.3 is 30.9 Å². The second-order valence-corrected chi connectivity index (χ2v) is 7.72. The Bertz CT molecular complexity index is 1070. The minimum absolute atomic E-state index is 0.0247. The van der Waals surface area contributed by atoms with Crippen LogP contribution in [0.25, 0.3) is 0 Å². The maximum absolute atomic E-state index is 13.3. The molecule has 3 aliphatic rings. The molecular formula is C20H19N3O5. The Morgan fingerprint density at radius 1 is 0.857 bits per heavy atom. The van der Waals surface area contributed by atoms with Crippen molar-refractivity contribution in [1.82, 2.24) is 4.90 Å². The predicted octanol–water partition coefficient (Wildman–Crippen LogP) is 1.84. The van der Waals surface area contributed by atoms with E-state index in [4.69, 9.17) is 0 Å². The molecule has 144 valence electrons. The van der Waals surface area contributed by atoms with Crippen molar-refractivity contribution in [2.75, 3.05) is 30.8 Å². The van der Waals surface area contributed by atoms with E-state index in [1.807, 2.05) is 7.05 Å². The molecule has 5 rings (SSSR count). The van der Waals surface area contributed by atoms with E-state index in [-0.39, 0.29) is 33.8 Å². The van der Waals surface area contributed by atoms with E-state index in [0.29, 0.717) is 11.4 Å². The number of carbonyl (C=O) groups is 2. The molecule has 2 aliphatic heterocycles. The molecule has 0 atom stereocenters. The number of nitrogens with one attached hydrogen (secondary N) is 2. The Morgan fingerprint density at radius 2 is 1.39 bits per heavy atom. The fourth-order valence-electron chi connectivity index (χ4n) is 4.42. The van der Waals surface area contributed by atoms with Crippen molar-refractivity contribution in [1.29, 1.82) is 0 Å². The van der Waals surface area contributed by atoms with Gasteiger partial charge in [-0.1, -0.05) is 0 Å². The van der Waals surface area contributed by atoms with Crippen LogP contribution in [0.4, 0.5) is 11.4 Å². The van der Waals surface area contributed by atoms with Crippen LogP contribution >= 0.6 is 0 Å². The number of anilines is 2. The summed E-state index contributed by atoms with van der Waals surface area (Å²) in [6.45, 7) is 1.71. The monoisotopic (exact) mass is 381 g/mol. The van der Waals surface area contributed by atoms with Crippen molar-refractivity contribution in [2.45, 2.75) is 18.5 Å². The molecule has 1 aliphatic carbocycles. The second-order valence-electron chi connectivity index (χ2n) is 7.72. The minimum Gasteiger partial charge on any atom is -0.507 e. The highest BCUT2D eigenvalue weighted by molar-refractivity contribution is 6.33. The third-order valence-electron chi connectivity index (χ3n) is 5.95. The van der Waals surface area contributed by atoms with Gasteiger partial charge >= 0.3 is 0 Å². The summed E-state index contributed by atoms with van der Waals surface area (Å²) in [7, 11) is 2.04. The van der Waals surface area contributed by atoms with Crippen LogP contribution in [0.5, 0.6) is 17.2 Å². The van der Waals surface area contributed by atoms with Crippen LogP contribution in [0.15, 0.2) is 18.2 Å². The van der Waals surface area contributed by atoms with E-state index in [1.54, 1.807) is 0 Å². The highest BCUT2D eigenvalue weighted by atomic mass is 16.3. The number of phenols is 3. The molecule has 0 bridgehead atoms. The number of hydrogen-bond donors (Lipinski definition) is 5. The van der Waals surface area contributed by atoms with Gasteiger partial charge in [0.25, 0.3) is 0 Å². The maximum Gasteiger partial charge on any atom is 0.202 e. The Balaban J connectivity index is 1.70. The number of benzene rings is 2. The van der Waals surface area contributed by atoms with Crippen LogP contribution in [0.3, 0.4) is 0 Å². The number of fused-ring (bicyclic) bond motifs is 4. The van der Waals surface area contributed by atoms with Gasteiger partial charge in [-0.15, -0.1) is 0 Å². The molecule has 28 heavy (non-hydrogen) atoms. The van der Waals surface area contributed by atoms with Crippen LogP contribution in [-0.2, 0) is 0 Å². The Kier molecular flexibility index (Phi) is 3.25. The standard InChI is InChI=1S/C20H19N3O5/c1-23-6-4-20(5-7-23)21-9-8-12(26)15-16(17(9)22-20)19(28)14-11(25)3-2-10(24)13(14)18(15)27/h2-3,8,21-22,24-26H,4-7H2,1H3. The Morgan fingerprint density at radius 3 is 2.00 bits per heavy atom. The molecule has 2 aromatic carbocycles. The lowest BCUT2D eigenvalue weighted by atomic mass is 9.81. The fraction of sp³-hybridized carbons (Fsp3) is 0.300. The summed E-state index contributed by atoms with van der Waals surface area (Å²) in [6, 6.07) is 3.77. The number of piperidine rings is 1. The molecule has 1 saturated heterocycles. The van der Waals surface area contributed by atoms with Gasteiger partial charge in [0.2, 0.25) is 11.6 Å². The van der Waals surface area contributed by atoms with Gasteiger partial charge in [0, 0.05) is 32.0 Å². The van der Waals surface area contributed by atoms with Gasteiger partial charge in [0.1, 0.15) is 22.9 Å². The summed E-state index contributed by atoms with van der Waals surface area (Å²) < 4.78 is 0. The molecule has 8 nitrogen and oxygen atoms in total. The van der Waals surface area contributed by atoms with E-state index in [2.05, 4.69) is 15.5 Å². The Hall–Kier alpha value is -3.26. The second kappa shape index (κ2) is 5.39. The Labute approximate surface area is 160 Å². The summed E-state index contributed by atoms with van der Waals surface area (Å²) in [6.07, 6.45) is 1.55. The van der Waals surface area contributed by atoms with Crippen molar-refractivity contribution in [3.63, 3.8) is 0 Å². The average Bonchev–Trinajstić information content (AvgIpc) is 3.01. The van der Waals surface area contributed by atoms with Crippen molar-refractivity contribution in [3.8, 4) is 17.2 Å². The average molecular weight is 381 g/mol. The number of hydrogen-bond acceptors (Lipinski definition) is 8. The fourth-order valence-corrected chi connectivity index (χ4v) is 4.42. The predicted molar refractivity (Wildman–Crippen MR) is 101 cm³/mol. The minimum atomic E-state index is -0.690. The third-order valence-corrected chi connectivity index (χ3v) is 5.95. The summed E-state index contributed by atoms with van der Waals surface area (Å²) in [5, 5.41) is 37.6. The largest absolute Gasteiger partial charge is 0.507 e. The quantitative estimate of drug-likeness (QED) is 0.374. The first kappa shape index (κ1) is 16.9. The van der Waals surface area contributed by atoms with E-state index >= 15 is 0 Å². The van der Waals surface area contributed by atoms with Crippen molar-refractivity contribution in [2.24, 2.45) is 0 Å². The molecule has 1 spiro atoms. The smallest absolute Gasteiger partial charge is 0.202 e.